The number of alkyl halides is 1. The lowest BCUT2D eigenvalue weighted by atomic mass is 9.95. The summed E-state index contributed by atoms with van der Waals surface area (Å²) in [6.07, 6.45) is -4.85. The van der Waals surface area contributed by atoms with Crippen molar-refractivity contribution < 1.29 is 32.9 Å². The first-order valence-corrected chi connectivity index (χ1v) is 14.3. The summed E-state index contributed by atoms with van der Waals surface area (Å²) in [5.41, 5.74) is 3.14. The van der Waals surface area contributed by atoms with E-state index in [9.17, 15) is 9.59 Å². The summed E-state index contributed by atoms with van der Waals surface area (Å²) in [6.45, 7) is 0.594. The molecule has 2 aliphatic heterocycles. The molecule has 0 saturated carbocycles. The number of carbonyl (C=O) groups excluding carboxylic acids is 2. The van der Waals surface area contributed by atoms with E-state index < -0.39 is 42.5 Å². The normalized spacial score (nSPS) is 23.4. The quantitative estimate of drug-likeness (QED) is 0.211. The van der Waals surface area contributed by atoms with Crippen LogP contribution >= 0.6 is 0 Å². The van der Waals surface area contributed by atoms with Crippen LogP contribution < -0.4 is 0 Å². The molecule has 0 bridgehead atoms. The summed E-state index contributed by atoms with van der Waals surface area (Å²) in [4.78, 5) is 28.0. The van der Waals surface area contributed by atoms with E-state index in [1.807, 2.05) is 91.0 Å². The first kappa shape index (κ1) is 28.9. The second-order valence-electron chi connectivity index (χ2n) is 10.6. The number of hydrogen-bond donors (Lipinski definition) is 0. The van der Waals surface area contributed by atoms with Gasteiger partial charge in [0.15, 0.2) is 0 Å². The standard InChI is InChI=1S/C35H32FNO6/c36-33-30(37-34(38)27-18-10-11-19-28(27)35(37)39)32(42-22-26-16-8-3-9-17-26)31(41-21-25-14-6-2-7-15-25)29(43-33)23-40-20-24-12-4-1-5-13-24/h1-19,29-33H,20-23H2/t29?,30?,31-,32+,33-/m1/s1. The van der Waals surface area contributed by atoms with Gasteiger partial charge in [0.1, 0.15) is 24.4 Å². The van der Waals surface area contributed by atoms with Crippen molar-refractivity contribution in [3.8, 4) is 0 Å². The van der Waals surface area contributed by atoms with E-state index in [2.05, 4.69) is 0 Å². The average Bonchev–Trinajstić information content (AvgIpc) is 3.30. The molecule has 2 amide bonds. The zero-order valence-electron chi connectivity index (χ0n) is 23.5. The lowest BCUT2D eigenvalue weighted by molar-refractivity contribution is -0.267. The molecule has 0 aliphatic carbocycles. The number of benzene rings is 4. The zero-order valence-corrected chi connectivity index (χ0v) is 23.5. The van der Waals surface area contributed by atoms with Crippen LogP contribution in [0.15, 0.2) is 115 Å². The Morgan fingerprint density at radius 1 is 0.605 bits per heavy atom. The lowest BCUT2D eigenvalue weighted by Crippen LogP contribution is -2.65. The van der Waals surface area contributed by atoms with Gasteiger partial charge in [-0.15, -0.1) is 0 Å². The van der Waals surface area contributed by atoms with Crippen molar-refractivity contribution in [3.63, 3.8) is 0 Å². The van der Waals surface area contributed by atoms with Crippen LogP contribution in [0.1, 0.15) is 37.4 Å². The Kier molecular flexibility index (Phi) is 9.00. The Morgan fingerprint density at radius 3 is 1.56 bits per heavy atom. The third-order valence-corrected chi connectivity index (χ3v) is 7.69. The van der Waals surface area contributed by atoms with Crippen molar-refractivity contribution in [1.29, 1.82) is 0 Å². The second-order valence-corrected chi connectivity index (χ2v) is 10.6. The summed E-state index contributed by atoms with van der Waals surface area (Å²) in [5, 5.41) is 0. The van der Waals surface area contributed by atoms with Crippen LogP contribution in [0.4, 0.5) is 4.39 Å². The minimum absolute atomic E-state index is 0.00874. The molecule has 1 saturated heterocycles. The highest BCUT2D eigenvalue weighted by Gasteiger charge is 2.55. The fraction of sp³-hybridized carbons (Fsp3) is 0.257. The molecule has 1 fully saturated rings. The van der Waals surface area contributed by atoms with Gasteiger partial charge in [0.05, 0.1) is 37.6 Å². The van der Waals surface area contributed by atoms with E-state index in [-0.39, 0.29) is 30.9 Å². The van der Waals surface area contributed by atoms with Gasteiger partial charge in [0, 0.05) is 0 Å². The van der Waals surface area contributed by atoms with Crippen molar-refractivity contribution in [2.75, 3.05) is 6.61 Å². The number of hydrogen-bond acceptors (Lipinski definition) is 6. The van der Waals surface area contributed by atoms with Gasteiger partial charge in [-0.1, -0.05) is 103 Å². The fourth-order valence-electron chi connectivity index (χ4n) is 5.55. The molecular formula is C35H32FNO6. The second kappa shape index (κ2) is 13.4. The van der Waals surface area contributed by atoms with Crippen molar-refractivity contribution in [2.45, 2.75) is 50.5 Å². The monoisotopic (exact) mass is 581 g/mol. The molecule has 5 atom stereocenters. The van der Waals surface area contributed by atoms with Crippen molar-refractivity contribution >= 4 is 11.8 Å². The van der Waals surface area contributed by atoms with Crippen molar-refractivity contribution in [3.05, 3.63) is 143 Å². The minimum Gasteiger partial charge on any atom is -0.374 e. The molecule has 8 heteroatoms. The van der Waals surface area contributed by atoms with Crippen LogP contribution in [0, 0.1) is 0 Å². The maximum Gasteiger partial charge on any atom is 0.262 e. The minimum atomic E-state index is -2.04. The number of amides is 2. The number of rotatable bonds is 11. The molecule has 4 aromatic carbocycles. The van der Waals surface area contributed by atoms with Crippen molar-refractivity contribution in [2.24, 2.45) is 0 Å². The third kappa shape index (κ3) is 6.43. The molecule has 0 spiro atoms. The number of halogens is 1. The van der Waals surface area contributed by atoms with Gasteiger partial charge < -0.3 is 18.9 Å². The fourth-order valence-corrected chi connectivity index (χ4v) is 5.55. The molecular weight excluding hydrogens is 549 g/mol. The molecule has 6 rings (SSSR count). The average molecular weight is 582 g/mol. The molecule has 2 heterocycles. The van der Waals surface area contributed by atoms with E-state index >= 15 is 4.39 Å². The molecule has 4 aromatic rings. The Bertz CT molecular complexity index is 1480. The van der Waals surface area contributed by atoms with E-state index in [1.165, 1.54) is 0 Å². The molecule has 0 aromatic heterocycles. The van der Waals surface area contributed by atoms with Crippen LogP contribution in [-0.2, 0) is 38.8 Å². The Morgan fingerprint density at radius 2 is 1.05 bits per heavy atom. The number of nitrogens with zero attached hydrogens (tertiary/aromatic N) is 1. The van der Waals surface area contributed by atoms with Crippen LogP contribution in [0.2, 0.25) is 0 Å². The summed E-state index contributed by atoms with van der Waals surface area (Å²) in [6, 6.07) is 33.7. The van der Waals surface area contributed by atoms with Gasteiger partial charge in [-0.3, -0.25) is 14.5 Å². The van der Waals surface area contributed by atoms with Gasteiger partial charge in [-0.2, -0.15) is 0 Å². The summed E-state index contributed by atoms with van der Waals surface area (Å²) < 4.78 is 40.9. The topological polar surface area (TPSA) is 74.3 Å². The Balaban J connectivity index is 1.31. The van der Waals surface area contributed by atoms with Crippen molar-refractivity contribution in [1.82, 2.24) is 4.90 Å². The van der Waals surface area contributed by atoms with Crippen LogP contribution in [-0.4, -0.2) is 54.0 Å². The van der Waals surface area contributed by atoms with Crippen LogP contribution in [0.25, 0.3) is 0 Å². The summed E-state index contributed by atoms with van der Waals surface area (Å²) >= 11 is 0. The maximum atomic E-state index is 16.2. The van der Waals surface area contributed by atoms with E-state index in [0.717, 1.165) is 21.6 Å². The molecule has 0 radical (unpaired) electrons. The third-order valence-electron chi connectivity index (χ3n) is 7.69. The number of imide groups is 1. The predicted molar refractivity (Wildman–Crippen MR) is 157 cm³/mol. The van der Waals surface area contributed by atoms with E-state index in [0.29, 0.717) is 6.61 Å². The van der Waals surface area contributed by atoms with Gasteiger partial charge in [0.2, 0.25) is 6.36 Å². The highest BCUT2D eigenvalue weighted by molar-refractivity contribution is 6.21. The van der Waals surface area contributed by atoms with Gasteiger partial charge in [-0.05, 0) is 28.8 Å². The molecule has 2 unspecified atom stereocenters. The lowest BCUT2D eigenvalue weighted by Gasteiger charge is -2.46. The molecule has 2 aliphatic rings. The molecule has 0 N–H and O–H groups in total. The van der Waals surface area contributed by atoms with Gasteiger partial charge >= 0.3 is 0 Å². The predicted octanol–water partition coefficient (Wildman–Crippen LogP) is 5.73. The molecule has 7 nitrogen and oxygen atoms in total. The zero-order chi connectivity index (χ0) is 29.6. The number of fused-ring (bicyclic) bond motifs is 1. The highest BCUT2D eigenvalue weighted by Crippen LogP contribution is 2.36. The smallest absolute Gasteiger partial charge is 0.262 e. The van der Waals surface area contributed by atoms with E-state index in [1.54, 1.807) is 24.3 Å². The Labute approximate surface area is 249 Å². The Hall–Kier alpha value is -4.21. The summed E-state index contributed by atoms with van der Waals surface area (Å²) in [7, 11) is 0. The first-order chi connectivity index (χ1) is 21.1. The van der Waals surface area contributed by atoms with Gasteiger partial charge in [0.25, 0.3) is 11.8 Å². The first-order valence-electron chi connectivity index (χ1n) is 14.3. The summed E-state index contributed by atoms with van der Waals surface area (Å²) in [5.74, 6) is -1.18. The molecule has 43 heavy (non-hydrogen) atoms. The van der Waals surface area contributed by atoms with Crippen LogP contribution in [0.5, 0.6) is 0 Å². The highest BCUT2D eigenvalue weighted by atomic mass is 19.1. The maximum absolute atomic E-state index is 16.2. The molecule has 220 valence electrons. The number of carbonyl (C=O) groups is 2. The largest absolute Gasteiger partial charge is 0.374 e. The van der Waals surface area contributed by atoms with Crippen LogP contribution in [0.3, 0.4) is 0 Å². The SMILES string of the molecule is O=C1c2ccccc2C(=O)N1C1[C@H](F)OC(COCc2ccccc2)[C@@H](OCc2ccccc2)[C@H]1OCc1ccccc1. The van der Waals surface area contributed by atoms with E-state index in [4.69, 9.17) is 18.9 Å². The van der Waals surface area contributed by atoms with Gasteiger partial charge in [-0.25, -0.2) is 4.39 Å². The number of ether oxygens (including phenoxy) is 4.